The molecule has 0 bridgehead atoms. The van der Waals surface area contributed by atoms with Crippen LogP contribution in [-0.4, -0.2) is 56.3 Å². The molecule has 0 aromatic heterocycles. The molecule has 4 heteroatoms. The Balaban J connectivity index is 2.55. The second-order valence-corrected chi connectivity index (χ2v) is 5.86. The number of nitrogens with zero attached hydrogens (tertiary/aromatic N) is 1. The molecule has 0 unspecified atom stereocenters. The van der Waals surface area contributed by atoms with Gasteiger partial charge in [0.1, 0.15) is 0 Å². The van der Waals surface area contributed by atoms with Gasteiger partial charge in [0.25, 0.3) is 0 Å². The highest BCUT2D eigenvalue weighted by atomic mass is 79.9. The van der Waals surface area contributed by atoms with E-state index in [1.54, 1.807) is 7.11 Å². The number of ether oxygens (including phenoxy) is 2. The predicted molar refractivity (Wildman–Crippen MR) is 74.9 cm³/mol. The number of methoxy groups -OCH3 is 1. The Morgan fingerprint density at radius 1 is 1.35 bits per heavy atom. The SMILES string of the molecule is COCCN(CC1(CBr)CCOCC1)C(C)C. The van der Waals surface area contributed by atoms with Gasteiger partial charge in [-0.3, -0.25) is 4.90 Å². The van der Waals surface area contributed by atoms with Crippen LogP contribution in [0.4, 0.5) is 0 Å². The molecule has 1 heterocycles. The van der Waals surface area contributed by atoms with Crippen molar-refractivity contribution in [3.05, 3.63) is 0 Å². The summed E-state index contributed by atoms with van der Waals surface area (Å²) in [6.45, 7) is 9.30. The van der Waals surface area contributed by atoms with Crippen LogP contribution in [0.1, 0.15) is 26.7 Å². The van der Waals surface area contributed by atoms with Crippen molar-refractivity contribution >= 4 is 15.9 Å². The van der Waals surface area contributed by atoms with E-state index in [4.69, 9.17) is 9.47 Å². The van der Waals surface area contributed by atoms with Crippen LogP contribution in [0.15, 0.2) is 0 Å². The fourth-order valence-corrected chi connectivity index (χ4v) is 3.04. The molecule has 0 radical (unpaired) electrons. The van der Waals surface area contributed by atoms with Crippen LogP contribution in [0.5, 0.6) is 0 Å². The highest BCUT2D eigenvalue weighted by Crippen LogP contribution is 2.33. The zero-order chi connectivity index (χ0) is 12.7. The Kier molecular flexibility index (Phi) is 7.00. The van der Waals surface area contributed by atoms with Crippen LogP contribution in [0, 0.1) is 5.41 Å². The Labute approximate surface area is 114 Å². The van der Waals surface area contributed by atoms with Gasteiger partial charge in [0.15, 0.2) is 0 Å². The fourth-order valence-electron chi connectivity index (χ4n) is 2.30. The maximum absolute atomic E-state index is 5.49. The number of rotatable bonds is 7. The minimum absolute atomic E-state index is 0.385. The van der Waals surface area contributed by atoms with E-state index in [0.717, 1.165) is 51.1 Å². The average molecular weight is 308 g/mol. The summed E-state index contributed by atoms with van der Waals surface area (Å²) in [6.07, 6.45) is 2.32. The lowest BCUT2D eigenvalue weighted by Crippen LogP contribution is -2.46. The Morgan fingerprint density at radius 3 is 2.47 bits per heavy atom. The van der Waals surface area contributed by atoms with Crippen molar-refractivity contribution in [2.75, 3.05) is 45.4 Å². The summed E-state index contributed by atoms with van der Waals surface area (Å²) >= 11 is 3.70. The normalized spacial score (nSPS) is 20.1. The molecule has 17 heavy (non-hydrogen) atoms. The molecule has 0 saturated carbocycles. The van der Waals surface area contributed by atoms with Gasteiger partial charge in [0, 0.05) is 44.8 Å². The second kappa shape index (κ2) is 7.72. The van der Waals surface area contributed by atoms with E-state index in [1.807, 2.05) is 0 Å². The fraction of sp³-hybridized carbons (Fsp3) is 1.00. The minimum Gasteiger partial charge on any atom is -0.383 e. The van der Waals surface area contributed by atoms with Crippen molar-refractivity contribution in [1.29, 1.82) is 0 Å². The van der Waals surface area contributed by atoms with Crippen molar-refractivity contribution in [2.24, 2.45) is 5.41 Å². The third-order valence-corrected chi connectivity index (χ3v) is 4.88. The molecule has 0 spiro atoms. The van der Waals surface area contributed by atoms with E-state index in [2.05, 4.69) is 34.7 Å². The molecule has 1 aliphatic heterocycles. The summed E-state index contributed by atoms with van der Waals surface area (Å²) in [5.74, 6) is 0. The number of alkyl halides is 1. The van der Waals surface area contributed by atoms with E-state index in [9.17, 15) is 0 Å². The first-order valence-electron chi connectivity index (χ1n) is 6.50. The molecule has 1 fully saturated rings. The van der Waals surface area contributed by atoms with Gasteiger partial charge in [0.2, 0.25) is 0 Å². The maximum Gasteiger partial charge on any atom is 0.0589 e. The molecule has 1 aliphatic rings. The highest BCUT2D eigenvalue weighted by molar-refractivity contribution is 9.09. The van der Waals surface area contributed by atoms with Crippen molar-refractivity contribution < 1.29 is 9.47 Å². The Hall–Kier alpha value is 0.360. The Morgan fingerprint density at radius 2 is 2.00 bits per heavy atom. The van der Waals surface area contributed by atoms with Gasteiger partial charge in [0.05, 0.1) is 6.61 Å². The summed E-state index contributed by atoms with van der Waals surface area (Å²) in [5, 5.41) is 1.07. The monoisotopic (exact) mass is 307 g/mol. The average Bonchev–Trinajstić information content (AvgIpc) is 2.35. The van der Waals surface area contributed by atoms with Crippen molar-refractivity contribution in [3.63, 3.8) is 0 Å². The summed E-state index contributed by atoms with van der Waals surface area (Å²) in [4.78, 5) is 2.52. The molecule has 1 saturated heterocycles. The van der Waals surface area contributed by atoms with Gasteiger partial charge in [-0.15, -0.1) is 0 Å². The van der Waals surface area contributed by atoms with Gasteiger partial charge in [-0.1, -0.05) is 15.9 Å². The standard InChI is InChI=1S/C13H26BrNO2/c1-12(2)15(6-9-16-3)11-13(10-14)4-7-17-8-5-13/h12H,4-11H2,1-3H3. The van der Waals surface area contributed by atoms with E-state index in [-0.39, 0.29) is 0 Å². The van der Waals surface area contributed by atoms with Crippen LogP contribution >= 0.6 is 15.9 Å². The topological polar surface area (TPSA) is 21.7 Å². The molecule has 0 aliphatic carbocycles. The first kappa shape index (κ1) is 15.4. The lowest BCUT2D eigenvalue weighted by molar-refractivity contribution is -0.00140. The van der Waals surface area contributed by atoms with Crippen molar-refractivity contribution in [3.8, 4) is 0 Å². The van der Waals surface area contributed by atoms with E-state index >= 15 is 0 Å². The molecular formula is C13H26BrNO2. The van der Waals surface area contributed by atoms with Gasteiger partial charge in [-0.05, 0) is 32.1 Å². The maximum atomic E-state index is 5.49. The summed E-state index contributed by atoms with van der Waals surface area (Å²) in [7, 11) is 1.77. The first-order valence-corrected chi connectivity index (χ1v) is 7.62. The number of halogens is 1. The van der Waals surface area contributed by atoms with Gasteiger partial charge >= 0.3 is 0 Å². The number of hydrogen-bond acceptors (Lipinski definition) is 3. The van der Waals surface area contributed by atoms with Crippen LogP contribution in [0.25, 0.3) is 0 Å². The number of hydrogen-bond donors (Lipinski definition) is 0. The van der Waals surface area contributed by atoms with Gasteiger partial charge < -0.3 is 9.47 Å². The zero-order valence-corrected chi connectivity index (χ0v) is 13.0. The summed E-state index contributed by atoms with van der Waals surface area (Å²) in [5.41, 5.74) is 0.385. The molecule has 0 amide bonds. The van der Waals surface area contributed by atoms with Crippen molar-refractivity contribution in [1.82, 2.24) is 4.90 Å². The van der Waals surface area contributed by atoms with E-state index in [0.29, 0.717) is 11.5 Å². The third kappa shape index (κ3) is 4.86. The molecule has 1 rings (SSSR count). The molecule has 0 aromatic rings. The lowest BCUT2D eigenvalue weighted by Gasteiger charge is -2.41. The zero-order valence-electron chi connectivity index (χ0n) is 11.4. The van der Waals surface area contributed by atoms with Gasteiger partial charge in [-0.2, -0.15) is 0 Å². The predicted octanol–water partition coefficient (Wildman–Crippen LogP) is 2.53. The molecule has 3 nitrogen and oxygen atoms in total. The molecular weight excluding hydrogens is 282 g/mol. The third-order valence-electron chi connectivity index (χ3n) is 3.69. The summed E-state index contributed by atoms with van der Waals surface area (Å²) in [6, 6.07) is 0.573. The van der Waals surface area contributed by atoms with Gasteiger partial charge in [-0.25, -0.2) is 0 Å². The van der Waals surface area contributed by atoms with Crippen LogP contribution < -0.4 is 0 Å². The molecule has 0 aromatic carbocycles. The summed E-state index contributed by atoms with van der Waals surface area (Å²) < 4.78 is 10.7. The molecule has 0 N–H and O–H groups in total. The van der Waals surface area contributed by atoms with Crippen molar-refractivity contribution in [2.45, 2.75) is 32.7 Å². The minimum atomic E-state index is 0.385. The quantitative estimate of drug-likeness (QED) is 0.675. The van der Waals surface area contributed by atoms with E-state index in [1.165, 1.54) is 0 Å². The smallest absolute Gasteiger partial charge is 0.0589 e. The Bertz CT molecular complexity index is 206. The van der Waals surface area contributed by atoms with Crippen LogP contribution in [0.3, 0.4) is 0 Å². The second-order valence-electron chi connectivity index (χ2n) is 5.30. The largest absolute Gasteiger partial charge is 0.383 e. The first-order chi connectivity index (χ1) is 8.13. The molecule has 0 atom stereocenters. The highest BCUT2D eigenvalue weighted by Gasteiger charge is 2.33. The molecule has 102 valence electrons. The van der Waals surface area contributed by atoms with E-state index < -0.39 is 0 Å². The van der Waals surface area contributed by atoms with Crippen LogP contribution in [-0.2, 0) is 9.47 Å². The lowest BCUT2D eigenvalue weighted by atomic mass is 9.81. The van der Waals surface area contributed by atoms with Crippen LogP contribution in [0.2, 0.25) is 0 Å².